The van der Waals surface area contributed by atoms with Crippen LogP contribution < -0.4 is 5.73 Å². The highest BCUT2D eigenvalue weighted by atomic mass is 15.1. The molecule has 106 valence electrons. The normalized spacial score (nSPS) is 15.6. The lowest BCUT2D eigenvalue weighted by Crippen LogP contribution is -2.32. The summed E-state index contributed by atoms with van der Waals surface area (Å²) in [7, 11) is 0. The zero-order valence-corrected chi connectivity index (χ0v) is 12.7. The first kappa shape index (κ1) is 13.5. The highest BCUT2D eigenvalue weighted by Gasteiger charge is 2.21. The first-order valence-electron chi connectivity index (χ1n) is 7.48. The van der Waals surface area contributed by atoms with Gasteiger partial charge in [0.15, 0.2) is 0 Å². The second-order valence-electron chi connectivity index (χ2n) is 5.82. The van der Waals surface area contributed by atoms with Crippen molar-refractivity contribution in [2.24, 2.45) is 5.73 Å². The summed E-state index contributed by atoms with van der Waals surface area (Å²) < 4.78 is 0. The van der Waals surface area contributed by atoms with Crippen LogP contribution >= 0.6 is 0 Å². The Morgan fingerprint density at radius 2 is 2.10 bits per heavy atom. The molecule has 0 spiro atoms. The van der Waals surface area contributed by atoms with Crippen molar-refractivity contribution >= 4 is 10.9 Å². The molecule has 1 aromatic carbocycles. The van der Waals surface area contributed by atoms with Gasteiger partial charge in [-0.2, -0.15) is 0 Å². The molecule has 2 heterocycles. The second kappa shape index (κ2) is 5.15. The van der Waals surface area contributed by atoms with E-state index in [2.05, 4.69) is 37.8 Å². The predicted octanol–water partition coefficient (Wildman–Crippen LogP) is 2.69. The van der Waals surface area contributed by atoms with Crippen LogP contribution in [0.25, 0.3) is 10.9 Å². The van der Waals surface area contributed by atoms with E-state index in [4.69, 9.17) is 10.7 Å². The maximum absolute atomic E-state index is 6.08. The number of fused-ring (bicyclic) bond motifs is 2. The van der Waals surface area contributed by atoms with Crippen molar-refractivity contribution < 1.29 is 0 Å². The summed E-state index contributed by atoms with van der Waals surface area (Å²) in [4.78, 5) is 7.42. The first-order valence-corrected chi connectivity index (χ1v) is 7.48. The van der Waals surface area contributed by atoms with Crippen LogP contribution in [0.5, 0.6) is 0 Å². The van der Waals surface area contributed by atoms with Crippen LogP contribution in [-0.2, 0) is 19.5 Å². The van der Waals surface area contributed by atoms with Crippen molar-refractivity contribution in [2.75, 3.05) is 13.1 Å². The molecule has 1 aliphatic rings. The SMILES string of the molecule is CCN1CCc2nc3c(C)cc(C)cc3c(CN)c2C1. The molecule has 3 heteroatoms. The van der Waals surface area contributed by atoms with Crippen LogP contribution in [0.4, 0.5) is 0 Å². The molecular formula is C17H23N3. The predicted molar refractivity (Wildman–Crippen MR) is 83.8 cm³/mol. The Balaban J connectivity index is 2.28. The van der Waals surface area contributed by atoms with Crippen LogP contribution in [-0.4, -0.2) is 23.0 Å². The number of pyridine rings is 1. The standard InChI is InChI=1S/C17H23N3/c1-4-20-6-5-16-15(10-20)14(9-18)13-8-11(2)7-12(3)17(13)19-16/h7-8H,4-6,9-10,18H2,1-3H3. The van der Waals surface area contributed by atoms with E-state index in [1.807, 2.05) is 0 Å². The van der Waals surface area contributed by atoms with E-state index in [0.29, 0.717) is 6.54 Å². The van der Waals surface area contributed by atoms with Crippen LogP contribution in [0.3, 0.4) is 0 Å². The molecule has 1 aliphatic heterocycles. The molecule has 1 aromatic heterocycles. The molecule has 0 aliphatic carbocycles. The van der Waals surface area contributed by atoms with Gasteiger partial charge in [0.25, 0.3) is 0 Å². The van der Waals surface area contributed by atoms with E-state index in [-0.39, 0.29) is 0 Å². The van der Waals surface area contributed by atoms with Gasteiger partial charge < -0.3 is 5.73 Å². The highest BCUT2D eigenvalue weighted by Crippen LogP contribution is 2.30. The number of hydrogen-bond donors (Lipinski definition) is 1. The minimum Gasteiger partial charge on any atom is -0.326 e. The third-order valence-electron chi connectivity index (χ3n) is 4.43. The van der Waals surface area contributed by atoms with Gasteiger partial charge in [-0.05, 0) is 43.1 Å². The Kier molecular flexibility index (Phi) is 3.48. The second-order valence-corrected chi connectivity index (χ2v) is 5.82. The van der Waals surface area contributed by atoms with E-state index in [0.717, 1.165) is 31.6 Å². The Hall–Kier alpha value is -1.45. The molecule has 0 atom stereocenters. The third kappa shape index (κ3) is 2.11. The van der Waals surface area contributed by atoms with Gasteiger partial charge in [-0.15, -0.1) is 0 Å². The largest absolute Gasteiger partial charge is 0.326 e. The first-order chi connectivity index (χ1) is 9.63. The van der Waals surface area contributed by atoms with E-state index < -0.39 is 0 Å². The molecule has 0 unspecified atom stereocenters. The average Bonchev–Trinajstić information content (AvgIpc) is 2.44. The minimum absolute atomic E-state index is 0.599. The molecule has 0 radical (unpaired) electrons. The van der Waals surface area contributed by atoms with Gasteiger partial charge in [-0.1, -0.05) is 18.6 Å². The van der Waals surface area contributed by atoms with Gasteiger partial charge in [0.2, 0.25) is 0 Å². The van der Waals surface area contributed by atoms with Crippen LogP contribution in [0.2, 0.25) is 0 Å². The van der Waals surface area contributed by atoms with E-state index in [1.165, 1.54) is 33.3 Å². The van der Waals surface area contributed by atoms with Crippen LogP contribution in [0.1, 0.15) is 34.9 Å². The fourth-order valence-corrected chi connectivity index (χ4v) is 3.34. The minimum atomic E-state index is 0.599. The Bertz CT molecular complexity index is 661. The van der Waals surface area contributed by atoms with E-state index in [1.54, 1.807) is 0 Å². The number of likely N-dealkylation sites (N-methyl/N-ethyl adjacent to an activating group) is 1. The molecule has 20 heavy (non-hydrogen) atoms. The lowest BCUT2D eigenvalue weighted by atomic mass is 9.93. The van der Waals surface area contributed by atoms with Crippen LogP contribution in [0.15, 0.2) is 12.1 Å². The molecule has 0 fully saturated rings. The van der Waals surface area contributed by atoms with Gasteiger partial charge in [0, 0.05) is 37.1 Å². The fraction of sp³-hybridized carbons (Fsp3) is 0.471. The van der Waals surface area contributed by atoms with Gasteiger partial charge >= 0.3 is 0 Å². The van der Waals surface area contributed by atoms with E-state index in [9.17, 15) is 0 Å². The molecule has 0 amide bonds. The van der Waals surface area contributed by atoms with Crippen molar-refractivity contribution in [2.45, 2.75) is 40.3 Å². The van der Waals surface area contributed by atoms with Crippen molar-refractivity contribution in [1.29, 1.82) is 0 Å². The quantitative estimate of drug-likeness (QED) is 0.911. The summed E-state index contributed by atoms with van der Waals surface area (Å²) in [5, 5.41) is 1.25. The molecule has 3 rings (SSSR count). The van der Waals surface area contributed by atoms with E-state index >= 15 is 0 Å². The van der Waals surface area contributed by atoms with Gasteiger partial charge in [-0.3, -0.25) is 9.88 Å². The Morgan fingerprint density at radius 3 is 2.80 bits per heavy atom. The lowest BCUT2D eigenvalue weighted by molar-refractivity contribution is 0.265. The number of aromatic nitrogens is 1. The summed E-state index contributed by atoms with van der Waals surface area (Å²) in [6.45, 7) is 10.3. The molecule has 2 aromatic rings. The molecule has 2 N–H and O–H groups in total. The van der Waals surface area contributed by atoms with Gasteiger partial charge in [0.05, 0.1) is 5.52 Å². The Morgan fingerprint density at radius 1 is 1.30 bits per heavy atom. The third-order valence-corrected chi connectivity index (χ3v) is 4.43. The summed E-state index contributed by atoms with van der Waals surface area (Å²) in [5.74, 6) is 0. The molecule has 0 bridgehead atoms. The molecule has 0 saturated carbocycles. The zero-order valence-electron chi connectivity index (χ0n) is 12.7. The van der Waals surface area contributed by atoms with Crippen molar-refractivity contribution in [1.82, 2.24) is 9.88 Å². The van der Waals surface area contributed by atoms with Crippen LogP contribution in [0, 0.1) is 13.8 Å². The fourth-order valence-electron chi connectivity index (χ4n) is 3.34. The molecular weight excluding hydrogens is 246 g/mol. The van der Waals surface area contributed by atoms with Gasteiger partial charge in [0.1, 0.15) is 0 Å². The molecule has 0 saturated heterocycles. The highest BCUT2D eigenvalue weighted by molar-refractivity contribution is 5.87. The summed E-state index contributed by atoms with van der Waals surface area (Å²) in [5.41, 5.74) is 13.7. The van der Waals surface area contributed by atoms with Gasteiger partial charge in [-0.25, -0.2) is 0 Å². The molecule has 3 nitrogen and oxygen atoms in total. The van der Waals surface area contributed by atoms with Crippen molar-refractivity contribution in [3.63, 3.8) is 0 Å². The number of hydrogen-bond acceptors (Lipinski definition) is 3. The summed E-state index contributed by atoms with van der Waals surface area (Å²) in [6, 6.07) is 4.45. The maximum Gasteiger partial charge on any atom is 0.0738 e. The summed E-state index contributed by atoms with van der Waals surface area (Å²) >= 11 is 0. The smallest absolute Gasteiger partial charge is 0.0738 e. The Labute approximate surface area is 120 Å². The zero-order chi connectivity index (χ0) is 14.3. The maximum atomic E-state index is 6.08. The monoisotopic (exact) mass is 269 g/mol. The van der Waals surface area contributed by atoms with Crippen molar-refractivity contribution in [3.05, 3.63) is 40.1 Å². The number of aryl methyl sites for hydroxylation is 2. The van der Waals surface area contributed by atoms with Crippen molar-refractivity contribution in [3.8, 4) is 0 Å². The number of benzene rings is 1. The lowest BCUT2D eigenvalue weighted by Gasteiger charge is -2.29. The average molecular weight is 269 g/mol. The topological polar surface area (TPSA) is 42.2 Å². The number of rotatable bonds is 2. The number of nitrogens with two attached hydrogens (primary N) is 1. The number of nitrogens with zero attached hydrogens (tertiary/aromatic N) is 2. The summed E-state index contributed by atoms with van der Waals surface area (Å²) in [6.07, 6.45) is 1.04.